The van der Waals surface area contributed by atoms with Crippen LogP contribution in [0.2, 0.25) is 0 Å². The van der Waals surface area contributed by atoms with Crippen LogP contribution in [0, 0.1) is 17.5 Å². The zero-order chi connectivity index (χ0) is 61.9. The Kier molecular flexibility index (Phi) is 20.5. The molecule has 0 fully saturated rings. The third-order valence-electron chi connectivity index (χ3n) is 14.2. The van der Waals surface area contributed by atoms with E-state index in [0.29, 0.717) is 77.0 Å². The third kappa shape index (κ3) is 16.5. The molecule has 6 aromatic carbocycles. The molecule has 0 radical (unpaired) electrons. The highest BCUT2D eigenvalue weighted by molar-refractivity contribution is 6.00. The van der Waals surface area contributed by atoms with Crippen molar-refractivity contribution in [2.75, 3.05) is 13.7 Å². The Morgan fingerprint density at radius 3 is 1.58 bits per heavy atom. The summed E-state index contributed by atoms with van der Waals surface area (Å²) in [7, 11) is 1.62. The molecule has 0 aliphatic heterocycles. The summed E-state index contributed by atoms with van der Waals surface area (Å²) >= 11 is 0. The van der Waals surface area contributed by atoms with Crippen molar-refractivity contribution in [1.82, 2.24) is 43.7 Å². The number of aromatic nitrogens is 6. The Morgan fingerprint density at radius 1 is 0.528 bits per heavy atom. The Hall–Kier alpha value is -11.1. The second-order valence-corrected chi connectivity index (χ2v) is 20.5. The Balaban J connectivity index is 0.000000148. The van der Waals surface area contributed by atoms with Gasteiger partial charge < -0.3 is 47.7 Å². The number of amides is 3. The standard InChI is InChI=1S/C26H26FN3O3.2C22H18FN3O2/c1-19(17-32-2)30(26(31)24-16-29-14-6-5-9-25(29)28-24)15-20-10-12-22(13-11-20)33-18-21-7-3-4-8-23(21)27;23-20-6-2-1-4-17(20)14-28-18-9-7-16(8-10-18)12-25-22(27)19-5-3-11-26-15-24-13-21(19)26;23-21-4-2-1-3-18(21)14-28-20-9-5-16(6-10-20)11-25-22(27)17-7-8-19-12-24-15-26(19)13-17/h3-14,16,19H,15,17-18H2,1-2H3;1-11,13,15H,12,14H2,(H,25,27);1-10,12-13,15H,11,14H2,(H,25,27)/t19-;;/m1../s1. The molecule has 89 heavy (non-hydrogen) atoms. The van der Waals surface area contributed by atoms with E-state index in [1.807, 2.05) is 103 Å². The van der Waals surface area contributed by atoms with Crippen LogP contribution in [-0.2, 0) is 44.2 Å². The molecule has 6 heterocycles. The minimum absolute atomic E-state index is 0.148. The quantitative estimate of drug-likeness (QED) is 0.0707. The van der Waals surface area contributed by atoms with Gasteiger partial charge in [0.1, 0.15) is 65.9 Å². The molecule has 0 aliphatic rings. The number of pyridine rings is 3. The van der Waals surface area contributed by atoms with Crippen molar-refractivity contribution in [1.29, 1.82) is 0 Å². The molecule has 2 N–H and O–H groups in total. The number of nitrogens with zero attached hydrogens (tertiary/aromatic N) is 7. The van der Waals surface area contributed by atoms with Crippen LogP contribution in [0.4, 0.5) is 13.2 Å². The smallest absolute Gasteiger partial charge is 0.274 e. The normalized spacial score (nSPS) is 11.2. The first-order valence-corrected chi connectivity index (χ1v) is 28.4. The summed E-state index contributed by atoms with van der Waals surface area (Å²) < 4.78 is 68.7. The van der Waals surface area contributed by atoms with E-state index in [0.717, 1.165) is 33.4 Å². The van der Waals surface area contributed by atoms with Gasteiger partial charge in [-0.3, -0.25) is 14.4 Å². The average Bonchev–Trinajstić information content (AvgIpc) is 3.95. The van der Waals surface area contributed by atoms with Gasteiger partial charge in [-0.2, -0.15) is 0 Å². The zero-order valence-corrected chi connectivity index (χ0v) is 48.7. The fraction of sp³-hybridized carbons (Fsp3) is 0.143. The van der Waals surface area contributed by atoms with Gasteiger partial charge in [-0.15, -0.1) is 0 Å². The number of imidazole rings is 3. The minimum atomic E-state index is -0.289. The van der Waals surface area contributed by atoms with Crippen molar-refractivity contribution in [3.63, 3.8) is 0 Å². The van der Waals surface area contributed by atoms with E-state index < -0.39 is 0 Å². The van der Waals surface area contributed by atoms with Gasteiger partial charge in [0.2, 0.25) is 0 Å². The van der Waals surface area contributed by atoms with Crippen molar-refractivity contribution < 1.29 is 46.5 Å². The molecule has 0 saturated carbocycles. The Bertz CT molecular complexity index is 4270. The molecule has 1 atom stereocenters. The summed E-state index contributed by atoms with van der Waals surface area (Å²) in [5.74, 6) is 0.578. The van der Waals surface area contributed by atoms with E-state index >= 15 is 0 Å². The van der Waals surface area contributed by atoms with Gasteiger partial charge in [0.25, 0.3) is 17.7 Å². The predicted molar refractivity (Wildman–Crippen MR) is 331 cm³/mol. The zero-order valence-electron chi connectivity index (χ0n) is 48.7. The number of fused-ring (bicyclic) bond motifs is 3. The van der Waals surface area contributed by atoms with Crippen LogP contribution < -0.4 is 24.8 Å². The second kappa shape index (κ2) is 29.8. The van der Waals surface area contributed by atoms with Crippen molar-refractivity contribution in [2.24, 2.45) is 0 Å². The van der Waals surface area contributed by atoms with Gasteiger partial charge in [-0.25, -0.2) is 28.1 Å². The van der Waals surface area contributed by atoms with Gasteiger partial charge in [0.15, 0.2) is 0 Å². The Labute approximate surface area is 511 Å². The molecule has 12 aromatic rings. The van der Waals surface area contributed by atoms with Crippen LogP contribution >= 0.6 is 0 Å². The minimum Gasteiger partial charge on any atom is -0.489 e. The molecule has 0 bridgehead atoms. The molecule has 450 valence electrons. The van der Waals surface area contributed by atoms with Gasteiger partial charge >= 0.3 is 0 Å². The highest BCUT2D eigenvalue weighted by Gasteiger charge is 2.24. The molecule has 19 heteroatoms. The number of benzene rings is 6. The van der Waals surface area contributed by atoms with Crippen LogP contribution in [0.25, 0.3) is 16.7 Å². The maximum atomic E-state index is 13.8. The Morgan fingerprint density at radius 2 is 1.03 bits per heavy atom. The van der Waals surface area contributed by atoms with Gasteiger partial charge in [0.05, 0.1) is 59.9 Å². The number of nitrogens with one attached hydrogen (secondary N) is 2. The van der Waals surface area contributed by atoms with E-state index in [1.54, 1.807) is 149 Å². The van der Waals surface area contributed by atoms with Crippen molar-refractivity contribution in [3.05, 3.63) is 306 Å². The molecule has 0 unspecified atom stereocenters. The van der Waals surface area contributed by atoms with Crippen molar-refractivity contribution >= 4 is 34.4 Å². The average molecular weight is 1200 g/mol. The second-order valence-electron chi connectivity index (χ2n) is 20.5. The first-order valence-electron chi connectivity index (χ1n) is 28.4. The topological polar surface area (TPSA) is 167 Å². The SMILES string of the molecule is COC[C@@H](C)N(Cc1ccc(OCc2ccccc2F)cc1)C(=O)c1cn2ccccc2n1.O=C(NCc1ccc(OCc2ccccc2F)cc1)c1ccc2cncn2c1.O=C(NCc1ccc(OCc2ccccc2F)cc1)c1cccn2cncc12. The number of hydrogen-bond acceptors (Lipinski definition) is 10. The number of carbonyl (C=O) groups excluding carboxylic acids is 3. The summed E-state index contributed by atoms with van der Waals surface area (Å²) in [5, 5.41) is 5.81. The van der Waals surface area contributed by atoms with Crippen LogP contribution in [0.1, 0.15) is 71.5 Å². The molecule has 16 nitrogen and oxygen atoms in total. The fourth-order valence-electron chi connectivity index (χ4n) is 9.33. The summed E-state index contributed by atoms with van der Waals surface area (Å²) in [5.41, 5.74) is 8.27. The summed E-state index contributed by atoms with van der Waals surface area (Å²) in [6.07, 6.45) is 13.9. The maximum Gasteiger partial charge on any atom is 0.274 e. The molecule has 6 aromatic heterocycles. The monoisotopic (exact) mass is 1200 g/mol. The van der Waals surface area contributed by atoms with Crippen LogP contribution in [0.15, 0.2) is 238 Å². The number of rotatable bonds is 21. The number of ether oxygens (including phenoxy) is 4. The van der Waals surface area contributed by atoms with Crippen molar-refractivity contribution in [3.8, 4) is 17.2 Å². The maximum absolute atomic E-state index is 13.8. The number of halogens is 3. The molecule has 0 saturated heterocycles. The van der Waals surface area contributed by atoms with Crippen molar-refractivity contribution in [2.45, 2.75) is 52.4 Å². The van der Waals surface area contributed by atoms with E-state index in [1.165, 1.54) is 18.2 Å². The number of hydrogen-bond donors (Lipinski definition) is 2. The summed E-state index contributed by atoms with van der Waals surface area (Å²) in [4.78, 5) is 52.5. The molecule has 12 rings (SSSR count). The highest BCUT2D eigenvalue weighted by Crippen LogP contribution is 2.22. The van der Waals surface area contributed by atoms with Crippen LogP contribution in [0.3, 0.4) is 0 Å². The molecule has 0 aliphatic carbocycles. The molecular formula is C70H62F3N9O7. The number of methoxy groups -OCH3 is 1. The number of carbonyl (C=O) groups is 3. The first kappa shape index (κ1) is 61.1. The van der Waals surface area contributed by atoms with E-state index in [-0.39, 0.29) is 61.0 Å². The van der Waals surface area contributed by atoms with E-state index in [4.69, 9.17) is 18.9 Å². The van der Waals surface area contributed by atoms with Gasteiger partial charge in [0, 0.05) is 68.2 Å². The molecule has 0 spiro atoms. The molecule has 3 amide bonds. The fourth-order valence-corrected chi connectivity index (χ4v) is 9.33. The highest BCUT2D eigenvalue weighted by atomic mass is 19.1. The lowest BCUT2D eigenvalue weighted by Crippen LogP contribution is -2.40. The first-order chi connectivity index (χ1) is 43.4. The van der Waals surface area contributed by atoms with Gasteiger partial charge in [-0.05, 0) is 115 Å². The lowest BCUT2D eigenvalue weighted by Gasteiger charge is -2.28. The largest absolute Gasteiger partial charge is 0.489 e. The lowest BCUT2D eigenvalue weighted by molar-refractivity contribution is 0.0537. The lowest BCUT2D eigenvalue weighted by atomic mass is 10.1. The van der Waals surface area contributed by atoms with Crippen LogP contribution in [0.5, 0.6) is 17.2 Å². The van der Waals surface area contributed by atoms with Crippen LogP contribution in [-0.4, -0.2) is 70.5 Å². The summed E-state index contributed by atoms with van der Waals surface area (Å²) in [6, 6.07) is 54.5. The third-order valence-corrected chi connectivity index (χ3v) is 14.2. The summed E-state index contributed by atoms with van der Waals surface area (Å²) in [6.45, 7) is 4.01. The van der Waals surface area contributed by atoms with E-state index in [9.17, 15) is 27.6 Å². The molecular weight excluding hydrogens is 1140 g/mol. The van der Waals surface area contributed by atoms with Gasteiger partial charge in [-0.1, -0.05) is 97.1 Å². The van der Waals surface area contributed by atoms with E-state index in [2.05, 4.69) is 25.6 Å². The predicted octanol–water partition coefficient (Wildman–Crippen LogP) is 12.7.